The zero-order chi connectivity index (χ0) is 14.4. The zero-order valence-corrected chi connectivity index (χ0v) is 12.1. The molecule has 0 spiro atoms. The second-order valence-corrected chi connectivity index (χ2v) is 5.05. The Balaban J connectivity index is 2.00. The topological polar surface area (TPSA) is 17.1 Å². The third-order valence-electron chi connectivity index (χ3n) is 2.60. The Morgan fingerprint density at radius 1 is 0.800 bits per heavy atom. The van der Waals surface area contributed by atoms with Crippen molar-refractivity contribution in [3.05, 3.63) is 81.9 Å². The lowest BCUT2D eigenvalue weighted by Gasteiger charge is -1.94. The quantitative estimate of drug-likeness (QED) is 0.701. The van der Waals surface area contributed by atoms with Crippen LogP contribution in [0.1, 0.15) is 11.1 Å². The normalized spacial score (nSPS) is 11.3. The van der Waals surface area contributed by atoms with E-state index in [4.69, 9.17) is 23.2 Å². The van der Waals surface area contributed by atoms with Crippen LogP contribution >= 0.6 is 23.2 Å². The van der Waals surface area contributed by atoms with Crippen molar-refractivity contribution in [3.63, 3.8) is 0 Å². The van der Waals surface area contributed by atoms with Gasteiger partial charge in [0.05, 0.1) is 0 Å². The molecule has 0 aliphatic heterocycles. The molecule has 100 valence electrons. The number of benzene rings is 2. The lowest BCUT2D eigenvalue weighted by molar-refractivity contribution is -0.110. The van der Waals surface area contributed by atoms with Gasteiger partial charge in [-0.1, -0.05) is 59.6 Å². The van der Waals surface area contributed by atoms with Gasteiger partial charge in [-0.2, -0.15) is 0 Å². The number of ketones is 1. The predicted octanol–water partition coefficient (Wildman–Crippen LogP) is 5.29. The molecule has 2 rings (SSSR count). The minimum Gasteiger partial charge on any atom is -0.290 e. The first-order valence-corrected chi connectivity index (χ1v) is 6.80. The van der Waals surface area contributed by atoms with E-state index in [0.717, 1.165) is 11.1 Å². The molecule has 3 heteroatoms. The van der Waals surface area contributed by atoms with Crippen LogP contribution in [0.4, 0.5) is 0 Å². The van der Waals surface area contributed by atoms with Gasteiger partial charge in [0.25, 0.3) is 0 Å². The van der Waals surface area contributed by atoms with Gasteiger partial charge >= 0.3 is 0 Å². The minimum atomic E-state index is -0.0834. The van der Waals surface area contributed by atoms with Crippen molar-refractivity contribution in [1.82, 2.24) is 0 Å². The van der Waals surface area contributed by atoms with E-state index in [9.17, 15) is 4.79 Å². The predicted molar refractivity (Wildman–Crippen MR) is 86.0 cm³/mol. The largest absolute Gasteiger partial charge is 0.290 e. The van der Waals surface area contributed by atoms with Crippen molar-refractivity contribution in [1.29, 1.82) is 0 Å². The van der Waals surface area contributed by atoms with Gasteiger partial charge in [0.2, 0.25) is 0 Å². The van der Waals surface area contributed by atoms with E-state index < -0.39 is 0 Å². The number of hydrogen-bond donors (Lipinski definition) is 0. The number of carbonyl (C=O) groups is 1. The highest BCUT2D eigenvalue weighted by molar-refractivity contribution is 6.31. The Morgan fingerprint density at radius 3 is 2.10 bits per heavy atom. The van der Waals surface area contributed by atoms with Crippen LogP contribution in [0, 0.1) is 0 Å². The summed E-state index contributed by atoms with van der Waals surface area (Å²) in [5, 5.41) is 1.32. The Labute approximate surface area is 128 Å². The van der Waals surface area contributed by atoms with Gasteiger partial charge in [-0.05, 0) is 47.5 Å². The van der Waals surface area contributed by atoms with Crippen molar-refractivity contribution in [3.8, 4) is 0 Å². The monoisotopic (exact) mass is 302 g/mol. The molecule has 0 saturated heterocycles. The van der Waals surface area contributed by atoms with Crippen LogP contribution in [0.15, 0.2) is 60.7 Å². The standard InChI is InChI=1S/C17H12Cl2O/c18-15-8-4-13(5-9-15)6-10-17(20)11-7-14-2-1-3-16(19)12-14/h1-12H. The third-order valence-corrected chi connectivity index (χ3v) is 3.09. The van der Waals surface area contributed by atoms with Crippen molar-refractivity contribution in [2.45, 2.75) is 0 Å². The molecule has 2 aromatic carbocycles. The maximum Gasteiger partial charge on any atom is 0.178 e. The summed E-state index contributed by atoms with van der Waals surface area (Å²) >= 11 is 11.7. The number of allylic oxidation sites excluding steroid dienone is 2. The van der Waals surface area contributed by atoms with Gasteiger partial charge in [-0.25, -0.2) is 0 Å². The fourth-order valence-corrected chi connectivity index (χ4v) is 1.92. The molecular formula is C17H12Cl2O. The molecular weight excluding hydrogens is 291 g/mol. The van der Waals surface area contributed by atoms with Crippen molar-refractivity contribution >= 4 is 41.1 Å². The Hall–Kier alpha value is -1.83. The van der Waals surface area contributed by atoms with E-state index in [1.54, 1.807) is 36.4 Å². The zero-order valence-electron chi connectivity index (χ0n) is 10.6. The summed E-state index contributed by atoms with van der Waals surface area (Å²) in [6.45, 7) is 0. The molecule has 0 N–H and O–H groups in total. The van der Waals surface area contributed by atoms with Crippen LogP contribution in [-0.4, -0.2) is 5.78 Å². The van der Waals surface area contributed by atoms with E-state index in [1.807, 2.05) is 24.3 Å². The van der Waals surface area contributed by atoms with Gasteiger partial charge in [-0.15, -0.1) is 0 Å². The van der Waals surface area contributed by atoms with Gasteiger partial charge in [0, 0.05) is 10.0 Å². The Kier molecular flexibility index (Phi) is 5.16. The molecule has 0 atom stereocenters. The minimum absolute atomic E-state index is 0.0834. The highest BCUT2D eigenvalue weighted by atomic mass is 35.5. The van der Waals surface area contributed by atoms with Crippen LogP contribution in [-0.2, 0) is 4.79 Å². The summed E-state index contributed by atoms with van der Waals surface area (Å²) in [5.41, 5.74) is 1.82. The molecule has 0 radical (unpaired) electrons. The molecule has 0 aliphatic rings. The average molecular weight is 303 g/mol. The van der Waals surface area contributed by atoms with Crippen LogP contribution in [0.3, 0.4) is 0 Å². The molecule has 0 aromatic heterocycles. The van der Waals surface area contributed by atoms with Crippen molar-refractivity contribution < 1.29 is 4.79 Å². The number of halogens is 2. The third kappa shape index (κ3) is 4.69. The maximum atomic E-state index is 11.7. The number of rotatable bonds is 4. The average Bonchev–Trinajstić information content (AvgIpc) is 2.45. The Bertz CT molecular complexity index is 655. The molecule has 0 unspecified atom stereocenters. The highest BCUT2D eigenvalue weighted by Gasteiger charge is 1.93. The lowest BCUT2D eigenvalue weighted by Crippen LogP contribution is -1.84. The number of carbonyl (C=O) groups excluding carboxylic acids is 1. The van der Waals surface area contributed by atoms with Gasteiger partial charge in [0.1, 0.15) is 0 Å². The molecule has 20 heavy (non-hydrogen) atoms. The molecule has 0 heterocycles. The smallest absolute Gasteiger partial charge is 0.178 e. The molecule has 0 fully saturated rings. The summed E-state index contributed by atoms with van der Waals surface area (Å²) in [6.07, 6.45) is 6.52. The maximum absolute atomic E-state index is 11.7. The van der Waals surface area contributed by atoms with E-state index in [2.05, 4.69) is 0 Å². The summed E-state index contributed by atoms with van der Waals surface area (Å²) < 4.78 is 0. The molecule has 2 aromatic rings. The Morgan fingerprint density at radius 2 is 1.45 bits per heavy atom. The second-order valence-electron chi connectivity index (χ2n) is 4.18. The number of hydrogen-bond acceptors (Lipinski definition) is 1. The van der Waals surface area contributed by atoms with Gasteiger partial charge in [-0.3, -0.25) is 4.79 Å². The van der Waals surface area contributed by atoms with E-state index >= 15 is 0 Å². The first-order chi connectivity index (χ1) is 9.63. The van der Waals surface area contributed by atoms with E-state index in [-0.39, 0.29) is 5.78 Å². The first kappa shape index (κ1) is 14.6. The van der Waals surface area contributed by atoms with Crippen molar-refractivity contribution in [2.75, 3.05) is 0 Å². The summed E-state index contributed by atoms with van der Waals surface area (Å²) in [7, 11) is 0. The fraction of sp³-hybridized carbons (Fsp3) is 0. The first-order valence-electron chi connectivity index (χ1n) is 6.05. The molecule has 0 bridgehead atoms. The van der Waals surface area contributed by atoms with Crippen LogP contribution in [0.2, 0.25) is 10.0 Å². The van der Waals surface area contributed by atoms with Gasteiger partial charge < -0.3 is 0 Å². The van der Waals surface area contributed by atoms with E-state index in [1.165, 1.54) is 12.2 Å². The summed E-state index contributed by atoms with van der Waals surface area (Å²) in [5.74, 6) is -0.0834. The molecule has 0 aliphatic carbocycles. The lowest BCUT2D eigenvalue weighted by atomic mass is 10.1. The fourth-order valence-electron chi connectivity index (χ4n) is 1.60. The van der Waals surface area contributed by atoms with Crippen LogP contribution in [0.5, 0.6) is 0 Å². The van der Waals surface area contributed by atoms with Gasteiger partial charge in [0.15, 0.2) is 5.78 Å². The molecule has 0 amide bonds. The van der Waals surface area contributed by atoms with Crippen molar-refractivity contribution in [2.24, 2.45) is 0 Å². The van der Waals surface area contributed by atoms with Crippen LogP contribution < -0.4 is 0 Å². The molecule has 0 saturated carbocycles. The second kappa shape index (κ2) is 7.09. The SMILES string of the molecule is O=C(C=Cc1ccc(Cl)cc1)C=Cc1cccc(Cl)c1. The van der Waals surface area contributed by atoms with E-state index in [0.29, 0.717) is 10.0 Å². The molecule has 1 nitrogen and oxygen atoms in total. The van der Waals surface area contributed by atoms with Crippen LogP contribution in [0.25, 0.3) is 12.2 Å². The summed E-state index contributed by atoms with van der Waals surface area (Å²) in [4.78, 5) is 11.7. The highest BCUT2D eigenvalue weighted by Crippen LogP contribution is 2.12. The summed E-state index contributed by atoms with van der Waals surface area (Å²) in [6, 6.07) is 14.6.